The molecule has 1 amide bonds. The number of nitrogens with one attached hydrogen (secondary N) is 1. The first-order valence-electron chi connectivity index (χ1n) is 4.99. The Bertz CT molecular complexity index is 414. The SMILES string of the molecule is CCCC(C#N)C(=O)Nc1ccncc1Br. The minimum Gasteiger partial charge on any atom is -0.324 e. The molecule has 0 aliphatic rings. The minimum atomic E-state index is -0.593. The van der Waals surface area contributed by atoms with Crippen molar-refractivity contribution in [1.82, 2.24) is 4.98 Å². The summed E-state index contributed by atoms with van der Waals surface area (Å²) >= 11 is 3.27. The number of aromatic nitrogens is 1. The third-order valence-electron chi connectivity index (χ3n) is 2.08. The Labute approximate surface area is 103 Å². The van der Waals surface area contributed by atoms with E-state index in [1.165, 1.54) is 0 Å². The highest BCUT2D eigenvalue weighted by Crippen LogP contribution is 2.21. The molecule has 0 fully saturated rings. The number of hydrogen-bond donors (Lipinski definition) is 1. The normalized spacial score (nSPS) is 11.6. The summed E-state index contributed by atoms with van der Waals surface area (Å²) in [6.07, 6.45) is 4.56. The van der Waals surface area contributed by atoms with E-state index in [4.69, 9.17) is 5.26 Å². The van der Waals surface area contributed by atoms with E-state index in [1.807, 2.05) is 13.0 Å². The van der Waals surface area contributed by atoms with Gasteiger partial charge in [0.25, 0.3) is 0 Å². The number of hydrogen-bond acceptors (Lipinski definition) is 3. The van der Waals surface area contributed by atoms with Crippen LogP contribution in [0.5, 0.6) is 0 Å². The number of pyridine rings is 1. The van der Waals surface area contributed by atoms with Gasteiger partial charge in [0.1, 0.15) is 5.92 Å². The fraction of sp³-hybridized carbons (Fsp3) is 0.364. The van der Waals surface area contributed by atoms with E-state index in [9.17, 15) is 4.79 Å². The lowest BCUT2D eigenvalue weighted by Gasteiger charge is -2.09. The van der Waals surface area contributed by atoms with Gasteiger partial charge in [0.15, 0.2) is 0 Å². The molecule has 0 aliphatic carbocycles. The predicted octanol–water partition coefficient (Wildman–Crippen LogP) is 2.72. The smallest absolute Gasteiger partial charge is 0.241 e. The predicted molar refractivity (Wildman–Crippen MR) is 64.6 cm³/mol. The molecule has 1 aromatic heterocycles. The first kappa shape index (κ1) is 12.7. The molecular weight excluding hydrogens is 270 g/mol. The van der Waals surface area contributed by atoms with Crippen LogP contribution in [0.4, 0.5) is 5.69 Å². The van der Waals surface area contributed by atoms with E-state index in [1.54, 1.807) is 18.5 Å². The van der Waals surface area contributed by atoms with Gasteiger partial charge >= 0.3 is 0 Å². The molecule has 0 saturated heterocycles. The highest BCUT2D eigenvalue weighted by atomic mass is 79.9. The fourth-order valence-electron chi connectivity index (χ4n) is 1.24. The van der Waals surface area contributed by atoms with Crippen LogP contribution in [0, 0.1) is 17.2 Å². The average molecular weight is 282 g/mol. The number of nitriles is 1. The van der Waals surface area contributed by atoms with Gasteiger partial charge in [-0.25, -0.2) is 0 Å². The second-order valence-corrected chi connectivity index (χ2v) is 4.17. The van der Waals surface area contributed by atoms with Crippen LogP contribution in [0.15, 0.2) is 22.9 Å². The van der Waals surface area contributed by atoms with Crippen LogP contribution >= 0.6 is 15.9 Å². The average Bonchev–Trinajstić information content (AvgIpc) is 2.29. The zero-order chi connectivity index (χ0) is 12.0. The van der Waals surface area contributed by atoms with Crippen molar-refractivity contribution < 1.29 is 4.79 Å². The molecule has 1 atom stereocenters. The summed E-state index contributed by atoms with van der Waals surface area (Å²) in [5.41, 5.74) is 0.636. The Hall–Kier alpha value is -1.41. The van der Waals surface area contributed by atoms with Gasteiger partial charge < -0.3 is 5.32 Å². The van der Waals surface area contributed by atoms with Gasteiger partial charge in [-0.2, -0.15) is 5.26 Å². The van der Waals surface area contributed by atoms with Crippen LogP contribution in [0.25, 0.3) is 0 Å². The standard InChI is InChI=1S/C11H12BrN3O/c1-2-3-8(6-13)11(16)15-10-4-5-14-7-9(10)12/h4-5,7-8H,2-3H2,1H3,(H,14,15,16). The number of anilines is 1. The highest BCUT2D eigenvalue weighted by molar-refractivity contribution is 9.10. The van der Waals surface area contributed by atoms with Crippen LogP contribution < -0.4 is 5.32 Å². The van der Waals surface area contributed by atoms with E-state index in [0.29, 0.717) is 16.6 Å². The van der Waals surface area contributed by atoms with Crippen LogP contribution in [0.2, 0.25) is 0 Å². The van der Waals surface area contributed by atoms with Crippen molar-refractivity contribution in [2.45, 2.75) is 19.8 Å². The molecule has 1 heterocycles. The van der Waals surface area contributed by atoms with Crippen molar-refractivity contribution >= 4 is 27.5 Å². The zero-order valence-electron chi connectivity index (χ0n) is 8.90. The molecular formula is C11H12BrN3O. The molecule has 1 rings (SSSR count). The molecule has 1 unspecified atom stereocenters. The molecule has 0 aliphatic heterocycles. The quantitative estimate of drug-likeness (QED) is 0.923. The van der Waals surface area contributed by atoms with E-state index >= 15 is 0 Å². The molecule has 4 nitrogen and oxygen atoms in total. The van der Waals surface area contributed by atoms with Crippen LogP contribution in [-0.4, -0.2) is 10.9 Å². The van der Waals surface area contributed by atoms with Gasteiger partial charge in [0, 0.05) is 12.4 Å². The molecule has 5 heteroatoms. The van der Waals surface area contributed by atoms with Gasteiger partial charge in [-0.05, 0) is 28.4 Å². The first-order chi connectivity index (χ1) is 7.69. The van der Waals surface area contributed by atoms with Crippen LogP contribution in [-0.2, 0) is 4.79 Å². The number of halogens is 1. The Morgan fingerprint density at radius 2 is 2.50 bits per heavy atom. The van der Waals surface area contributed by atoms with E-state index < -0.39 is 5.92 Å². The fourth-order valence-corrected chi connectivity index (χ4v) is 1.59. The zero-order valence-corrected chi connectivity index (χ0v) is 10.5. The summed E-state index contributed by atoms with van der Waals surface area (Å²) in [5.74, 6) is -0.860. The number of nitrogens with zero attached hydrogens (tertiary/aromatic N) is 2. The lowest BCUT2D eigenvalue weighted by molar-refractivity contribution is -0.118. The molecule has 0 radical (unpaired) electrons. The first-order valence-corrected chi connectivity index (χ1v) is 5.78. The van der Waals surface area contributed by atoms with E-state index in [2.05, 4.69) is 26.2 Å². The minimum absolute atomic E-state index is 0.267. The molecule has 1 aromatic rings. The summed E-state index contributed by atoms with van der Waals surface area (Å²) in [4.78, 5) is 15.6. The maximum atomic E-state index is 11.7. The third kappa shape index (κ3) is 3.31. The highest BCUT2D eigenvalue weighted by Gasteiger charge is 2.17. The van der Waals surface area contributed by atoms with Crippen molar-refractivity contribution in [2.24, 2.45) is 5.92 Å². The van der Waals surface area contributed by atoms with Gasteiger partial charge in [-0.3, -0.25) is 9.78 Å². The third-order valence-corrected chi connectivity index (χ3v) is 2.71. The lowest BCUT2D eigenvalue weighted by atomic mass is 10.0. The summed E-state index contributed by atoms with van der Waals surface area (Å²) in [5, 5.41) is 11.5. The molecule has 0 aromatic carbocycles. The summed E-state index contributed by atoms with van der Waals surface area (Å²) < 4.78 is 0.705. The molecule has 1 N–H and O–H groups in total. The monoisotopic (exact) mass is 281 g/mol. The Balaban J connectivity index is 2.71. The van der Waals surface area contributed by atoms with Crippen molar-refractivity contribution in [2.75, 3.05) is 5.32 Å². The van der Waals surface area contributed by atoms with E-state index in [-0.39, 0.29) is 5.91 Å². The topological polar surface area (TPSA) is 65.8 Å². The Morgan fingerprint density at radius 3 is 3.06 bits per heavy atom. The number of rotatable bonds is 4. The van der Waals surface area contributed by atoms with Crippen molar-refractivity contribution in [3.05, 3.63) is 22.9 Å². The summed E-state index contributed by atoms with van der Waals surface area (Å²) in [6, 6.07) is 3.68. The van der Waals surface area contributed by atoms with Gasteiger partial charge in [0.05, 0.1) is 16.2 Å². The lowest BCUT2D eigenvalue weighted by Crippen LogP contribution is -2.21. The van der Waals surface area contributed by atoms with Crippen LogP contribution in [0.3, 0.4) is 0 Å². The van der Waals surface area contributed by atoms with Gasteiger partial charge in [0.2, 0.25) is 5.91 Å². The molecule has 0 bridgehead atoms. The summed E-state index contributed by atoms with van der Waals surface area (Å²) in [7, 11) is 0. The summed E-state index contributed by atoms with van der Waals surface area (Å²) in [6.45, 7) is 1.94. The maximum absolute atomic E-state index is 11.7. The number of carbonyl (C=O) groups excluding carboxylic acids is 1. The van der Waals surface area contributed by atoms with Crippen molar-refractivity contribution in [3.63, 3.8) is 0 Å². The molecule has 0 spiro atoms. The second-order valence-electron chi connectivity index (χ2n) is 3.32. The Morgan fingerprint density at radius 1 is 1.75 bits per heavy atom. The van der Waals surface area contributed by atoms with Crippen LogP contribution in [0.1, 0.15) is 19.8 Å². The largest absolute Gasteiger partial charge is 0.324 e. The molecule has 0 saturated carbocycles. The maximum Gasteiger partial charge on any atom is 0.241 e. The number of amides is 1. The molecule has 84 valence electrons. The van der Waals surface area contributed by atoms with Crippen molar-refractivity contribution in [3.8, 4) is 6.07 Å². The number of carbonyl (C=O) groups is 1. The Kier molecular flexibility index (Phi) is 4.93. The van der Waals surface area contributed by atoms with Gasteiger partial charge in [-0.15, -0.1) is 0 Å². The molecule has 16 heavy (non-hydrogen) atoms. The second kappa shape index (κ2) is 6.23. The van der Waals surface area contributed by atoms with Crippen molar-refractivity contribution in [1.29, 1.82) is 5.26 Å². The van der Waals surface area contributed by atoms with E-state index in [0.717, 1.165) is 6.42 Å². The van der Waals surface area contributed by atoms with Gasteiger partial charge in [-0.1, -0.05) is 13.3 Å².